The van der Waals surface area contributed by atoms with Crippen LogP contribution < -0.4 is 10.6 Å². The van der Waals surface area contributed by atoms with Crippen molar-refractivity contribution in [2.75, 3.05) is 25.1 Å². The third-order valence-corrected chi connectivity index (χ3v) is 4.07. The molecule has 1 heterocycles. The fraction of sp³-hybridized carbons (Fsp3) is 0.417. The van der Waals surface area contributed by atoms with Crippen LogP contribution >= 0.6 is 27.5 Å². The van der Waals surface area contributed by atoms with Crippen molar-refractivity contribution in [3.63, 3.8) is 0 Å². The molecule has 1 aromatic carbocycles. The molecule has 0 aliphatic carbocycles. The zero-order valence-electron chi connectivity index (χ0n) is 10.3. The van der Waals surface area contributed by atoms with Crippen molar-refractivity contribution in [1.29, 1.82) is 0 Å². The molecule has 19 heavy (non-hydrogen) atoms. The summed E-state index contributed by atoms with van der Waals surface area (Å²) < 4.78 is 11.4. The molecule has 1 fully saturated rings. The molecule has 0 unspecified atom stereocenters. The minimum absolute atomic E-state index is 0.275. The van der Waals surface area contributed by atoms with Gasteiger partial charge in [0.05, 0.1) is 34.9 Å². The minimum Gasteiger partial charge on any atom is -0.346 e. The SMILES string of the molecule is CC1(CNC(=O)Nc2cccc(Cl)c2Br)OCCO1. The van der Waals surface area contributed by atoms with Crippen LogP contribution in [0.15, 0.2) is 22.7 Å². The second-order valence-corrected chi connectivity index (χ2v) is 5.44. The summed E-state index contributed by atoms with van der Waals surface area (Å²) in [4.78, 5) is 11.8. The van der Waals surface area contributed by atoms with Crippen LogP contribution in [0, 0.1) is 0 Å². The molecule has 0 bridgehead atoms. The van der Waals surface area contributed by atoms with Crippen LogP contribution in [0.4, 0.5) is 10.5 Å². The van der Waals surface area contributed by atoms with Gasteiger partial charge in [-0.15, -0.1) is 0 Å². The van der Waals surface area contributed by atoms with E-state index >= 15 is 0 Å². The van der Waals surface area contributed by atoms with E-state index in [9.17, 15) is 4.79 Å². The molecule has 104 valence electrons. The molecule has 1 aliphatic heterocycles. The van der Waals surface area contributed by atoms with Crippen molar-refractivity contribution in [2.45, 2.75) is 12.7 Å². The van der Waals surface area contributed by atoms with Gasteiger partial charge in [-0.2, -0.15) is 0 Å². The van der Waals surface area contributed by atoms with Gasteiger partial charge in [-0.3, -0.25) is 0 Å². The largest absolute Gasteiger partial charge is 0.346 e. The molecule has 1 aliphatic rings. The van der Waals surface area contributed by atoms with E-state index in [1.807, 2.05) is 0 Å². The maximum atomic E-state index is 11.8. The first-order chi connectivity index (χ1) is 9.00. The Kier molecular flexibility index (Phi) is 4.67. The molecular formula is C12H14BrClN2O3. The Balaban J connectivity index is 1.89. The second kappa shape index (κ2) is 6.09. The normalized spacial score (nSPS) is 17.2. The zero-order valence-corrected chi connectivity index (χ0v) is 12.7. The maximum Gasteiger partial charge on any atom is 0.319 e. The van der Waals surface area contributed by atoms with E-state index in [2.05, 4.69) is 26.6 Å². The Morgan fingerprint density at radius 3 is 2.84 bits per heavy atom. The lowest BCUT2D eigenvalue weighted by Gasteiger charge is -2.22. The average molecular weight is 350 g/mol. The highest BCUT2D eigenvalue weighted by Gasteiger charge is 2.31. The topological polar surface area (TPSA) is 59.6 Å². The van der Waals surface area contributed by atoms with Gasteiger partial charge in [0.2, 0.25) is 0 Å². The van der Waals surface area contributed by atoms with Crippen LogP contribution in [-0.2, 0) is 9.47 Å². The summed E-state index contributed by atoms with van der Waals surface area (Å²) in [5, 5.41) is 5.93. The van der Waals surface area contributed by atoms with Crippen LogP contribution in [0.5, 0.6) is 0 Å². The third-order valence-electron chi connectivity index (χ3n) is 2.67. The zero-order chi connectivity index (χ0) is 13.9. The van der Waals surface area contributed by atoms with Gasteiger partial charge in [-0.25, -0.2) is 4.79 Å². The van der Waals surface area contributed by atoms with Gasteiger partial charge in [-0.1, -0.05) is 17.7 Å². The first-order valence-corrected chi connectivity index (χ1v) is 6.94. The lowest BCUT2D eigenvalue weighted by Crippen LogP contribution is -2.43. The number of carbonyl (C=O) groups is 1. The van der Waals surface area contributed by atoms with Gasteiger partial charge in [0.25, 0.3) is 0 Å². The highest BCUT2D eigenvalue weighted by molar-refractivity contribution is 9.10. The molecule has 2 amide bonds. The molecule has 7 heteroatoms. The lowest BCUT2D eigenvalue weighted by atomic mass is 10.3. The number of rotatable bonds is 3. The monoisotopic (exact) mass is 348 g/mol. The minimum atomic E-state index is -0.747. The first-order valence-electron chi connectivity index (χ1n) is 5.77. The summed E-state index contributed by atoms with van der Waals surface area (Å²) in [5.74, 6) is -0.747. The number of carbonyl (C=O) groups excluding carboxylic acids is 1. The van der Waals surface area contributed by atoms with E-state index in [1.165, 1.54) is 0 Å². The number of hydrogen-bond acceptors (Lipinski definition) is 3. The molecule has 1 saturated heterocycles. The summed E-state index contributed by atoms with van der Waals surface area (Å²) in [6, 6.07) is 4.89. The number of hydrogen-bond donors (Lipinski definition) is 2. The number of ether oxygens (including phenoxy) is 2. The molecule has 0 atom stereocenters. The molecule has 0 radical (unpaired) electrons. The maximum absolute atomic E-state index is 11.8. The smallest absolute Gasteiger partial charge is 0.319 e. The Hall–Kier alpha value is -0.820. The predicted molar refractivity (Wildman–Crippen MR) is 76.5 cm³/mol. The summed E-state index contributed by atoms with van der Waals surface area (Å²) in [6.45, 7) is 3.14. The quantitative estimate of drug-likeness (QED) is 0.882. The predicted octanol–water partition coefficient (Wildman–Crippen LogP) is 2.99. The van der Waals surface area contributed by atoms with Crippen LogP contribution in [0.1, 0.15) is 6.92 Å². The molecular weight excluding hydrogens is 336 g/mol. The van der Waals surface area contributed by atoms with Crippen LogP contribution in [-0.4, -0.2) is 31.6 Å². The van der Waals surface area contributed by atoms with Crippen molar-refractivity contribution in [1.82, 2.24) is 5.32 Å². The Labute approximate surface area is 124 Å². The van der Waals surface area contributed by atoms with Gasteiger partial charge >= 0.3 is 6.03 Å². The van der Waals surface area contributed by atoms with Gasteiger partial charge < -0.3 is 20.1 Å². The molecule has 5 nitrogen and oxygen atoms in total. The van der Waals surface area contributed by atoms with Gasteiger partial charge in [0, 0.05) is 0 Å². The van der Waals surface area contributed by atoms with E-state index in [0.717, 1.165) is 0 Å². The van der Waals surface area contributed by atoms with Gasteiger partial charge in [0.15, 0.2) is 5.79 Å². The van der Waals surface area contributed by atoms with Crippen LogP contribution in [0.3, 0.4) is 0 Å². The van der Waals surface area contributed by atoms with E-state index in [1.54, 1.807) is 25.1 Å². The summed E-state index contributed by atoms with van der Waals surface area (Å²) >= 11 is 9.25. The van der Waals surface area contributed by atoms with Crippen molar-refractivity contribution < 1.29 is 14.3 Å². The van der Waals surface area contributed by atoms with Crippen molar-refractivity contribution in [2.24, 2.45) is 0 Å². The standard InChI is InChI=1S/C12H14BrClN2O3/c1-12(18-5-6-19-12)7-15-11(17)16-9-4-2-3-8(14)10(9)13/h2-4H,5-7H2,1H3,(H2,15,16,17). The molecule has 0 saturated carbocycles. The summed E-state index contributed by atoms with van der Waals surface area (Å²) in [7, 11) is 0. The Bertz CT molecular complexity index is 478. The molecule has 2 N–H and O–H groups in total. The fourth-order valence-corrected chi connectivity index (χ4v) is 2.20. The summed E-state index contributed by atoms with van der Waals surface area (Å²) in [6.07, 6.45) is 0. The molecule has 1 aromatic rings. The van der Waals surface area contributed by atoms with Crippen molar-refractivity contribution in [3.05, 3.63) is 27.7 Å². The highest BCUT2D eigenvalue weighted by Crippen LogP contribution is 2.29. The van der Waals surface area contributed by atoms with E-state index in [-0.39, 0.29) is 12.6 Å². The highest BCUT2D eigenvalue weighted by atomic mass is 79.9. The molecule has 2 rings (SSSR count). The fourth-order valence-electron chi connectivity index (χ4n) is 1.67. The van der Waals surface area contributed by atoms with Crippen molar-refractivity contribution in [3.8, 4) is 0 Å². The lowest BCUT2D eigenvalue weighted by molar-refractivity contribution is -0.136. The van der Waals surface area contributed by atoms with E-state index in [0.29, 0.717) is 28.4 Å². The number of amides is 2. The molecule has 0 aromatic heterocycles. The molecule has 0 spiro atoms. The first kappa shape index (κ1) is 14.6. The number of halogens is 2. The van der Waals surface area contributed by atoms with Gasteiger partial charge in [-0.05, 0) is 35.0 Å². The van der Waals surface area contributed by atoms with E-state index < -0.39 is 5.79 Å². The number of benzene rings is 1. The number of nitrogens with one attached hydrogen (secondary N) is 2. The third kappa shape index (κ3) is 3.82. The Morgan fingerprint density at radius 1 is 1.47 bits per heavy atom. The number of urea groups is 1. The second-order valence-electron chi connectivity index (χ2n) is 4.24. The number of anilines is 1. The van der Waals surface area contributed by atoms with Gasteiger partial charge in [0.1, 0.15) is 0 Å². The van der Waals surface area contributed by atoms with Crippen molar-refractivity contribution >= 4 is 39.2 Å². The van der Waals surface area contributed by atoms with Crippen LogP contribution in [0.25, 0.3) is 0 Å². The Morgan fingerprint density at radius 2 is 2.16 bits per heavy atom. The summed E-state index contributed by atoms with van der Waals surface area (Å²) in [5.41, 5.74) is 0.600. The average Bonchev–Trinajstić information content (AvgIpc) is 2.80. The van der Waals surface area contributed by atoms with Crippen LogP contribution in [0.2, 0.25) is 5.02 Å². The van der Waals surface area contributed by atoms with E-state index in [4.69, 9.17) is 21.1 Å².